The van der Waals surface area contributed by atoms with Crippen LogP contribution in [-0.4, -0.2) is 23.5 Å². The van der Waals surface area contributed by atoms with Crippen LogP contribution in [0, 0.1) is 5.41 Å². The van der Waals surface area contributed by atoms with Crippen molar-refractivity contribution in [2.24, 2.45) is 5.41 Å². The minimum absolute atomic E-state index is 0.128. The Hall–Kier alpha value is -1.36. The van der Waals surface area contributed by atoms with E-state index in [9.17, 15) is 9.59 Å². The molecular formula is C16H20BrNO3. The predicted molar refractivity (Wildman–Crippen MR) is 84.2 cm³/mol. The second-order valence-corrected chi connectivity index (χ2v) is 6.65. The largest absolute Gasteiger partial charge is 0.481 e. The third-order valence-electron chi connectivity index (χ3n) is 4.18. The summed E-state index contributed by atoms with van der Waals surface area (Å²) in [6, 6.07) is 7.24. The van der Waals surface area contributed by atoms with Gasteiger partial charge in [-0.15, -0.1) is 0 Å². The minimum atomic E-state index is -0.785. The predicted octanol–water partition coefficient (Wildman–Crippen LogP) is 3.60. The maximum Gasteiger partial charge on any atom is 0.303 e. The van der Waals surface area contributed by atoms with Gasteiger partial charge >= 0.3 is 5.97 Å². The fourth-order valence-electron chi connectivity index (χ4n) is 3.05. The summed E-state index contributed by atoms with van der Waals surface area (Å²) >= 11 is 3.36. The van der Waals surface area contributed by atoms with Crippen molar-refractivity contribution < 1.29 is 14.7 Å². The first kappa shape index (κ1) is 16.0. The highest BCUT2D eigenvalue weighted by molar-refractivity contribution is 9.10. The smallest absolute Gasteiger partial charge is 0.303 e. The highest BCUT2D eigenvalue weighted by atomic mass is 79.9. The number of benzene rings is 1. The van der Waals surface area contributed by atoms with Crippen molar-refractivity contribution in [3.05, 3.63) is 34.3 Å². The number of hydrogen-bond acceptors (Lipinski definition) is 2. The lowest BCUT2D eigenvalue weighted by molar-refractivity contribution is -0.140. The molecule has 0 heterocycles. The average Bonchev–Trinajstić information content (AvgIpc) is 2.46. The van der Waals surface area contributed by atoms with Crippen LogP contribution in [0.25, 0.3) is 0 Å². The van der Waals surface area contributed by atoms with Crippen molar-refractivity contribution in [1.29, 1.82) is 0 Å². The summed E-state index contributed by atoms with van der Waals surface area (Å²) in [4.78, 5) is 23.4. The second kappa shape index (κ2) is 7.07. The van der Waals surface area contributed by atoms with E-state index in [1.54, 1.807) is 6.07 Å². The summed E-state index contributed by atoms with van der Waals surface area (Å²) in [5, 5.41) is 12.1. The number of amides is 1. The third kappa shape index (κ3) is 4.30. The van der Waals surface area contributed by atoms with Crippen LogP contribution >= 0.6 is 15.9 Å². The van der Waals surface area contributed by atoms with Gasteiger partial charge in [-0.25, -0.2) is 0 Å². The molecule has 2 N–H and O–H groups in total. The zero-order valence-electron chi connectivity index (χ0n) is 11.9. The Morgan fingerprint density at radius 2 is 1.86 bits per heavy atom. The van der Waals surface area contributed by atoms with Crippen LogP contribution < -0.4 is 5.32 Å². The summed E-state index contributed by atoms with van der Waals surface area (Å²) in [7, 11) is 0. The van der Waals surface area contributed by atoms with Gasteiger partial charge in [0, 0.05) is 11.0 Å². The van der Waals surface area contributed by atoms with E-state index in [1.165, 1.54) is 0 Å². The highest BCUT2D eigenvalue weighted by Crippen LogP contribution is 2.38. The van der Waals surface area contributed by atoms with Gasteiger partial charge in [0.2, 0.25) is 0 Å². The van der Waals surface area contributed by atoms with Crippen LogP contribution in [-0.2, 0) is 4.79 Å². The molecule has 0 unspecified atom stereocenters. The molecule has 0 saturated heterocycles. The molecule has 1 aliphatic carbocycles. The lowest BCUT2D eigenvalue weighted by atomic mass is 9.71. The molecule has 4 nitrogen and oxygen atoms in total. The normalized spacial score (nSPS) is 17.2. The van der Waals surface area contributed by atoms with Gasteiger partial charge in [-0.05, 0) is 46.3 Å². The summed E-state index contributed by atoms with van der Waals surface area (Å²) in [5.41, 5.74) is 0.292. The van der Waals surface area contributed by atoms with Gasteiger partial charge in [0.05, 0.1) is 12.0 Å². The van der Waals surface area contributed by atoms with E-state index in [1.807, 2.05) is 18.2 Å². The van der Waals surface area contributed by atoms with Crippen molar-refractivity contribution in [3.63, 3.8) is 0 Å². The second-order valence-electron chi connectivity index (χ2n) is 5.79. The molecule has 0 atom stereocenters. The monoisotopic (exact) mass is 353 g/mol. The number of hydrogen-bond donors (Lipinski definition) is 2. The summed E-state index contributed by atoms with van der Waals surface area (Å²) in [6.07, 6.45) is 5.10. The van der Waals surface area contributed by atoms with E-state index in [0.717, 1.165) is 36.6 Å². The SMILES string of the molecule is O=C(O)CC1(CNC(=O)c2ccccc2Br)CCCCC1. The van der Waals surface area contributed by atoms with Gasteiger partial charge in [-0.1, -0.05) is 31.4 Å². The van der Waals surface area contributed by atoms with Crippen molar-refractivity contribution in [2.45, 2.75) is 38.5 Å². The van der Waals surface area contributed by atoms with E-state index in [0.29, 0.717) is 12.1 Å². The summed E-state index contributed by atoms with van der Waals surface area (Å²) in [6.45, 7) is 0.430. The molecule has 1 aromatic carbocycles. The molecule has 1 amide bonds. The molecule has 0 radical (unpaired) electrons. The van der Waals surface area contributed by atoms with Crippen molar-refractivity contribution in [3.8, 4) is 0 Å². The number of halogens is 1. The summed E-state index contributed by atoms with van der Waals surface area (Å²) in [5.74, 6) is -0.940. The molecule has 2 rings (SSSR count). The lowest BCUT2D eigenvalue weighted by Crippen LogP contribution is -2.40. The van der Waals surface area contributed by atoms with E-state index in [-0.39, 0.29) is 17.7 Å². The number of carboxylic acids is 1. The van der Waals surface area contributed by atoms with Gasteiger partial charge < -0.3 is 10.4 Å². The fourth-order valence-corrected chi connectivity index (χ4v) is 3.51. The van der Waals surface area contributed by atoms with E-state index < -0.39 is 5.97 Å². The maximum atomic E-state index is 12.2. The van der Waals surface area contributed by atoms with Crippen molar-refractivity contribution >= 4 is 27.8 Å². The average molecular weight is 354 g/mol. The first-order valence-electron chi connectivity index (χ1n) is 7.27. The molecule has 1 aliphatic rings. The van der Waals surface area contributed by atoms with Crippen molar-refractivity contribution in [2.75, 3.05) is 6.54 Å². The quantitative estimate of drug-likeness (QED) is 0.849. The van der Waals surface area contributed by atoms with Gasteiger partial charge in [-0.3, -0.25) is 9.59 Å². The lowest BCUT2D eigenvalue weighted by Gasteiger charge is -2.36. The Bertz CT molecular complexity index is 524. The van der Waals surface area contributed by atoms with Crippen LogP contribution in [0.1, 0.15) is 48.9 Å². The number of carbonyl (C=O) groups is 2. The molecule has 0 spiro atoms. The zero-order chi connectivity index (χ0) is 15.3. The fraction of sp³-hybridized carbons (Fsp3) is 0.500. The maximum absolute atomic E-state index is 12.2. The Labute approximate surface area is 133 Å². The molecule has 1 aromatic rings. The molecule has 114 valence electrons. The van der Waals surface area contributed by atoms with E-state index >= 15 is 0 Å². The Morgan fingerprint density at radius 1 is 1.19 bits per heavy atom. The number of aliphatic carboxylic acids is 1. The topological polar surface area (TPSA) is 66.4 Å². The van der Waals surface area contributed by atoms with Gasteiger partial charge in [-0.2, -0.15) is 0 Å². The molecule has 5 heteroatoms. The molecule has 1 fully saturated rings. The van der Waals surface area contributed by atoms with Gasteiger partial charge in [0.25, 0.3) is 5.91 Å². The molecule has 0 bridgehead atoms. The Kier molecular flexibility index (Phi) is 5.39. The Morgan fingerprint density at radius 3 is 2.48 bits per heavy atom. The van der Waals surface area contributed by atoms with E-state index in [2.05, 4.69) is 21.2 Å². The molecule has 21 heavy (non-hydrogen) atoms. The molecule has 0 aromatic heterocycles. The standard InChI is InChI=1S/C16H20BrNO3/c17-13-7-3-2-6-12(13)15(21)18-11-16(10-14(19)20)8-4-1-5-9-16/h2-3,6-7H,1,4-5,8-11H2,(H,18,21)(H,19,20). The number of carboxylic acid groups (broad SMARTS) is 1. The van der Waals surface area contributed by atoms with Crippen molar-refractivity contribution in [1.82, 2.24) is 5.32 Å². The van der Waals surface area contributed by atoms with Crippen LogP contribution in [0.15, 0.2) is 28.7 Å². The molecular weight excluding hydrogens is 334 g/mol. The van der Waals surface area contributed by atoms with Crippen LogP contribution in [0.2, 0.25) is 0 Å². The minimum Gasteiger partial charge on any atom is -0.481 e. The van der Waals surface area contributed by atoms with Crippen LogP contribution in [0.4, 0.5) is 0 Å². The number of nitrogens with one attached hydrogen (secondary N) is 1. The summed E-state index contributed by atoms with van der Waals surface area (Å²) < 4.78 is 0.749. The van der Waals surface area contributed by atoms with Gasteiger partial charge in [0.1, 0.15) is 0 Å². The third-order valence-corrected chi connectivity index (χ3v) is 4.87. The first-order chi connectivity index (χ1) is 10.0. The number of rotatable bonds is 5. The van der Waals surface area contributed by atoms with Gasteiger partial charge in [0.15, 0.2) is 0 Å². The van der Waals surface area contributed by atoms with Crippen LogP contribution in [0.3, 0.4) is 0 Å². The van der Waals surface area contributed by atoms with Crippen LogP contribution in [0.5, 0.6) is 0 Å². The number of carbonyl (C=O) groups excluding carboxylic acids is 1. The first-order valence-corrected chi connectivity index (χ1v) is 8.06. The zero-order valence-corrected chi connectivity index (χ0v) is 13.5. The van der Waals surface area contributed by atoms with E-state index in [4.69, 9.17) is 5.11 Å². The highest BCUT2D eigenvalue weighted by Gasteiger charge is 2.34. The Balaban J connectivity index is 2.03. The molecule has 1 saturated carbocycles. The molecule has 0 aliphatic heterocycles.